The van der Waals surface area contributed by atoms with Gasteiger partial charge in [0.15, 0.2) is 0 Å². The number of rotatable bonds is 6. The maximum absolute atomic E-state index is 11.0. The average molecular weight is 179 g/mol. The third-order valence-electron chi connectivity index (χ3n) is 1.39. The number of hydrogen-bond donors (Lipinski definition) is 1. The van der Waals surface area contributed by atoms with E-state index >= 15 is 0 Å². The van der Waals surface area contributed by atoms with Crippen molar-refractivity contribution >= 4 is 11.7 Å². The number of terminal acetylenes is 1. The number of Topliss-reactive ketones (excluding diaryl/α,β-unsaturated/α-hetero) is 1. The quantitative estimate of drug-likeness (QED) is 0.282. The van der Waals surface area contributed by atoms with E-state index in [-0.39, 0.29) is 6.42 Å². The first-order valence-electron chi connectivity index (χ1n) is 4.07. The minimum Gasteiger partial charge on any atom is -0.346 e. The van der Waals surface area contributed by atoms with E-state index in [1.54, 1.807) is 0 Å². The molecule has 0 aliphatic rings. The molecule has 0 heterocycles. The molecule has 3 nitrogen and oxygen atoms in total. The van der Waals surface area contributed by atoms with Crippen LogP contribution < -0.4 is 5.32 Å². The topological polar surface area (TPSA) is 46.2 Å². The van der Waals surface area contributed by atoms with E-state index in [9.17, 15) is 9.59 Å². The zero-order valence-electron chi connectivity index (χ0n) is 7.51. The summed E-state index contributed by atoms with van der Waals surface area (Å²) < 4.78 is 0. The molecular weight excluding hydrogens is 166 g/mol. The second-order valence-corrected chi connectivity index (χ2v) is 2.48. The van der Waals surface area contributed by atoms with Gasteiger partial charge in [-0.1, -0.05) is 6.08 Å². The summed E-state index contributed by atoms with van der Waals surface area (Å²) in [5.41, 5.74) is 0. The van der Waals surface area contributed by atoms with E-state index in [0.29, 0.717) is 19.4 Å². The van der Waals surface area contributed by atoms with Gasteiger partial charge in [-0.25, -0.2) is 0 Å². The van der Waals surface area contributed by atoms with E-state index in [1.807, 2.05) is 0 Å². The van der Waals surface area contributed by atoms with Crippen LogP contribution >= 0.6 is 0 Å². The van der Waals surface area contributed by atoms with Crippen molar-refractivity contribution in [2.45, 2.75) is 19.3 Å². The molecule has 1 amide bonds. The summed E-state index contributed by atoms with van der Waals surface area (Å²) in [5, 5.41) is 2.40. The van der Waals surface area contributed by atoms with Crippen LogP contribution in [-0.2, 0) is 9.59 Å². The molecule has 70 valence electrons. The van der Waals surface area contributed by atoms with E-state index in [4.69, 9.17) is 6.42 Å². The molecule has 0 aromatic heterocycles. The molecule has 0 unspecified atom stereocenters. The van der Waals surface area contributed by atoms with Crippen LogP contribution in [0.3, 0.4) is 0 Å². The highest BCUT2D eigenvalue weighted by Crippen LogP contribution is 1.94. The second-order valence-electron chi connectivity index (χ2n) is 2.48. The van der Waals surface area contributed by atoms with Gasteiger partial charge in [0.2, 0.25) is 5.78 Å². The zero-order chi connectivity index (χ0) is 10.1. The summed E-state index contributed by atoms with van der Waals surface area (Å²) in [6.07, 6.45) is 7.83. The smallest absolute Gasteiger partial charge is 0.287 e. The molecule has 0 saturated heterocycles. The van der Waals surface area contributed by atoms with Crippen LogP contribution in [0.25, 0.3) is 0 Å². The van der Waals surface area contributed by atoms with Gasteiger partial charge in [0.25, 0.3) is 5.91 Å². The van der Waals surface area contributed by atoms with Gasteiger partial charge >= 0.3 is 0 Å². The van der Waals surface area contributed by atoms with Gasteiger partial charge in [-0.05, 0) is 6.42 Å². The summed E-state index contributed by atoms with van der Waals surface area (Å²) in [5.74, 6) is 1.43. The lowest BCUT2D eigenvalue weighted by atomic mass is 10.2. The van der Waals surface area contributed by atoms with Crippen molar-refractivity contribution in [2.75, 3.05) is 6.54 Å². The number of nitrogens with one attached hydrogen (secondary N) is 1. The Morgan fingerprint density at radius 1 is 1.54 bits per heavy atom. The van der Waals surface area contributed by atoms with Crippen molar-refractivity contribution in [1.29, 1.82) is 0 Å². The highest BCUT2D eigenvalue weighted by atomic mass is 16.2. The van der Waals surface area contributed by atoms with Crippen molar-refractivity contribution in [3.63, 3.8) is 0 Å². The van der Waals surface area contributed by atoms with Gasteiger partial charge in [0, 0.05) is 19.4 Å². The maximum Gasteiger partial charge on any atom is 0.287 e. The van der Waals surface area contributed by atoms with Gasteiger partial charge in [-0.3, -0.25) is 9.59 Å². The first-order valence-corrected chi connectivity index (χ1v) is 4.07. The van der Waals surface area contributed by atoms with Gasteiger partial charge in [0.1, 0.15) is 0 Å². The molecule has 0 fully saturated rings. The number of amides is 1. The first-order chi connectivity index (χ1) is 6.22. The Labute approximate surface area is 78.2 Å². The zero-order valence-corrected chi connectivity index (χ0v) is 7.51. The van der Waals surface area contributed by atoms with Crippen molar-refractivity contribution in [3.05, 3.63) is 12.7 Å². The molecule has 0 aliphatic carbocycles. The largest absolute Gasteiger partial charge is 0.346 e. The van der Waals surface area contributed by atoms with Crippen LogP contribution in [-0.4, -0.2) is 18.2 Å². The number of hydrogen-bond acceptors (Lipinski definition) is 2. The molecule has 3 heteroatoms. The normalized spacial score (nSPS) is 8.54. The minimum atomic E-state index is -0.558. The van der Waals surface area contributed by atoms with Crippen LogP contribution in [0.5, 0.6) is 0 Å². The Hall–Kier alpha value is -1.56. The molecule has 0 rings (SSSR count). The highest BCUT2D eigenvalue weighted by Gasteiger charge is 2.10. The second kappa shape index (κ2) is 7.11. The van der Waals surface area contributed by atoms with Crippen molar-refractivity contribution < 1.29 is 9.59 Å². The van der Waals surface area contributed by atoms with Gasteiger partial charge in [-0.15, -0.1) is 18.9 Å². The summed E-state index contributed by atoms with van der Waals surface area (Å²) in [6, 6.07) is 0. The van der Waals surface area contributed by atoms with Crippen LogP contribution in [0.1, 0.15) is 19.3 Å². The molecular formula is C10H13NO2. The molecule has 0 bridgehead atoms. The van der Waals surface area contributed by atoms with Crippen molar-refractivity contribution in [2.24, 2.45) is 0 Å². The molecule has 0 atom stereocenters. The summed E-state index contributed by atoms with van der Waals surface area (Å²) in [6.45, 7) is 3.73. The SMILES string of the molecule is C#CCCCC(=O)C(=O)NCC=C. The standard InChI is InChI=1S/C10H13NO2/c1-3-5-6-7-9(12)10(13)11-8-4-2/h1,4H,2,5-8H2,(H,11,13). The maximum atomic E-state index is 11.0. The lowest BCUT2D eigenvalue weighted by molar-refractivity contribution is -0.137. The number of ketones is 1. The monoisotopic (exact) mass is 179 g/mol. The third kappa shape index (κ3) is 5.68. The number of unbranched alkanes of at least 4 members (excludes halogenated alkanes) is 1. The van der Waals surface area contributed by atoms with Gasteiger partial charge in [-0.2, -0.15) is 0 Å². The van der Waals surface area contributed by atoms with E-state index in [1.165, 1.54) is 6.08 Å². The van der Waals surface area contributed by atoms with E-state index in [2.05, 4.69) is 17.8 Å². The van der Waals surface area contributed by atoms with E-state index < -0.39 is 11.7 Å². The summed E-state index contributed by atoms with van der Waals surface area (Å²) in [7, 11) is 0. The Kier molecular flexibility index (Phi) is 6.26. The van der Waals surface area contributed by atoms with Crippen LogP contribution in [0.15, 0.2) is 12.7 Å². The van der Waals surface area contributed by atoms with Gasteiger partial charge < -0.3 is 5.32 Å². The first kappa shape index (κ1) is 11.4. The molecule has 13 heavy (non-hydrogen) atoms. The fourth-order valence-electron chi connectivity index (χ4n) is 0.728. The predicted octanol–water partition coefficient (Wildman–Crippen LogP) is 0.661. The lowest BCUT2D eigenvalue weighted by Crippen LogP contribution is -2.30. The van der Waals surface area contributed by atoms with Crippen molar-refractivity contribution in [1.82, 2.24) is 5.32 Å². The molecule has 0 aromatic carbocycles. The summed E-state index contributed by atoms with van der Waals surface area (Å²) in [4.78, 5) is 21.9. The molecule has 0 saturated carbocycles. The van der Waals surface area contributed by atoms with E-state index in [0.717, 1.165) is 0 Å². The Bertz CT molecular complexity index is 238. The summed E-state index contributed by atoms with van der Waals surface area (Å²) >= 11 is 0. The van der Waals surface area contributed by atoms with Crippen LogP contribution in [0.2, 0.25) is 0 Å². The molecule has 0 radical (unpaired) electrons. The molecule has 0 aliphatic heterocycles. The fourth-order valence-corrected chi connectivity index (χ4v) is 0.728. The van der Waals surface area contributed by atoms with Crippen LogP contribution in [0, 0.1) is 12.3 Å². The number of carbonyl (C=O) groups excluding carboxylic acids is 2. The third-order valence-corrected chi connectivity index (χ3v) is 1.39. The predicted molar refractivity (Wildman–Crippen MR) is 50.9 cm³/mol. The minimum absolute atomic E-state index is 0.215. The van der Waals surface area contributed by atoms with Gasteiger partial charge in [0.05, 0.1) is 0 Å². The van der Waals surface area contributed by atoms with Crippen LogP contribution in [0.4, 0.5) is 0 Å². The molecule has 0 aromatic rings. The number of carbonyl (C=O) groups is 2. The lowest BCUT2D eigenvalue weighted by Gasteiger charge is -1.99. The molecule has 1 N–H and O–H groups in total. The Balaban J connectivity index is 3.64. The molecule has 0 spiro atoms. The average Bonchev–Trinajstić information content (AvgIpc) is 2.14. The highest BCUT2D eigenvalue weighted by molar-refractivity contribution is 6.36. The van der Waals surface area contributed by atoms with Crippen molar-refractivity contribution in [3.8, 4) is 12.3 Å². The Morgan fingerprint density at radius 2 is 2.23 bits per heavy atom. The fraction of sp³-hybridized carbons (Fsp3) is 0.400. The Morgan fingerprint density at radius 3 is 2.77 bits per heavy atom.